The summed E-state index contributed by atoms with van der Waals surface area (Å²) in [6.45, 7) is 2.77. The molecule has 1 aliphatic rings. The minimum Gasteiger partial charge on any atom is -0.508 e. The molecular weight excluding hydrogens is 352 g/mol. The van der Waals surface area contributed by atoms with Gasteiger partial charge in [-0.05, 0) is 48.5 Å². The smallest absolute Gasteiger partial charge is 0.257 e. The van der Waals surface area contributed by atoms with Crippen molar-refractivity contribution in [1.82, 2.24) is 4.90 Å². The highest BCUT2D eigenvalue weighted by atomic mass is 16.5. The lowest BCUT2D eigenvalue weighted by Gasteiger charge is -2.36. The summed E-state index contributed by atoms with van der Waals surface area (Å²) in [5, 5.41) is 9.44. The third kappa shape index (κ3) is 3.93. The van der Waals surface area contributed by atoms with Crippen LogP contribution in [0.4, 0.5) is 5.69 Å². The maximum absolute atomic E-state index is 13.1. The highest BCUT2D eigenvalue weighted by molar-refractivity contribution is 5.97. The van der Waals surface area contributed by atoms with Crippen LogP contribution in [0.1, 0.15) is 10.4 Å². The Kier molecular flexibility index (Phi) is 5.15. The van der Waals surface area contributed by atoms with Crippen molar-refractivity contribution in [1.29, 1.82) is 0 Å². The molecule has 142 valence electrons. The minimum absolute atomic E-state index is 0.0168. The number of para-hydroxylation sites is 2. The summed E-state index contributed by atoms with van der Waals surface area (Å²) in [6.07, 6.45) is 0. The standard InChI is InChI=1S/C23H22N2O3/c26-19-12-10-18(11-13-19)24-14-16-25(17-15-24)23(27)21-8-4-5-9-22(21)28-20-6-2-1-3-7-20/h1-13,26H,14-17H2. The summed E-state index contributed by atoms with van der Waals surface area (Å²) in [4.78, 5) is 17.2. The normalized spacial score (nSPS) is 14.0. The molecule has 0 radical (unpaired) electrons. The molecule has 3 aromatic carbocycles. The number of carbonyl (C=O) groups excluding carboxylic acids is 1. The van der Waals surface area contributed by atoms with Crippen molar-refractivity contribution >= 4 is 11.6 Å². The molecule has 0 aromatic heterocycles. The molecule has 1 heterocycles. The van der Waals surface area contributed by atoms with E-state index in [2.05, 4.69) is 4.90 Å². The average Bonchev–Trinajstić information content (AvgIpc) is 2.75. The first-order valence-electron chi connectivity index (χ1n) is 9.36. The molecule has 1 aliphatic heterocycles. The molecule has 0 spiro atoms. The Morgan fingerprint density at radius 2 is 1.43 bits per heavy atom. The van der Waals surface area contributed by atoms with Crippen LogP contribution in [0.5, 0.6) is 17.2 Å². The Bertz CT molecular complexity index is 934. The van der Waals surface area contributed by atoms with Gasteiger partial charge in [0.15, 0.2) is 0 Å². The van der Waals surface area contributed by atoms with Crippen molar-refractivity contribution in [3.63, 3.8) is 0 Å². The van der Waals surface area contributed by atoms with Gasteiger partial charge in [0.25, 0.3) is 5.91 Å². The molecule has 0 atom stereocenters. The summed E-state index contributed by atoms with van der Waals surface area (Å²) >= 11 is 0. The first-order chi connectivity index (χ1) is 13.7. The highest BCUT2D eigenvalue weighted by Gasteiger charge is 2.24. The van der Waals surface area contributed by atoms with E-state index < -0.39 is 0 Å². The number of rotatable bonds is 4. The van der Waals surface area contributed by atoms with E-state index in [1.807, 2.05) is 71.6 Å². The van der Waals surface area contributed by atoms with Gasteiger partial charge in [-0.15, -0.1) is 0 Å². The highest BCUT2D eigenvalue weighted by Crippen LogP contribution is 2.27. The van der Waals surface area contributed by atoms with Gasteiger partial charge in [0.1, 0.15) is 17.2 Å². The number of carbonyl (C=O) groups is 1. The third-order valence-corrected chi connectivity index (χ3v) is 4.87. The van der Waals surface area contributed by atoms with Crippen LogP contribution in [0.2, 0.25) is 0 Å². The van der Waals surface area contributed by atoms with E-state index in [9.17, 15) is 9.90 Å². The third-order valence-electron chi connectivity index (χ3n) is 4.87. The van der Waals surface area contributed by atoms with Gasteiger partial charge in [0.05, 0.1) is 5.56 Å². The van der Waals surface area contributed by atoms with E-state index in [1.165, 1.54) is 0 Å². The second-order valence-electron chi connectivity index (χ2n) is 6.71. The largest absolute Gasteiger partial charge is 0.508 e. The summed E-state index contributed by atoms with van der Waals surface area (Å²) < 4.78 is 5.94. The molecule has 1 amide bonds. The van der Waals surface area contributed by atoms with Crippen molar-refractivity contribution < 1.29 is 14.6 Å². The number of piperazine rings is 1. The van der Waals surface area contributed by atoms with E-state index >= 15 is 0 Å². The van der Waals surface area contributed by atoms with E-state index in [0.29, 0.717) is 30.2 Å². The summed E-state index contributed by atoms with van der Waals surface area (Å²) in [5.41, 5.74) is 1.63. The monoisotopic (exact) mass is 374 g/mol. The van der Waals surface area contributed by atoms with Gasteiger partial charge in [-0.1, -0.05) is 30.3 Å². The van der Waals surface area contributed by atoms with E-state index in [1.54, 1.807) is 12.1 Å². The zero-order valence-corrected chi connectivity index (χ0v) is 15.5. The molecule has 5 heteroatoms. The lowest BCUT2D eigenvalue weighted by atomic mass is 10.1. The molecule has 0 saturated carbocycles. The number of hydrogen-bond donors (Lipinski definition) is 1. The van der Waals surface area contributed by atoms with E-state index in [-0.39, 0.29) is 11.7 Å². The Balaban J connectivity index is 1.45. The number of nitrogens with zero attached hydrogens (tertiary/aromatic N) is 2. The summed E-state index contributed by atoms with van der Waals surface area (Å²) in [7, 11) is 0. The number of anilines is 1. The first-order valence-corrected chi connectivity index (χ1v) is 9.36. The average molecular weight is 374 g/mol. The van der Waals surface area contributed by atoms with Crippen LogP contribution in [0.3, 0.4) is 0 Å². The van der Waals surface area contributed by atoms with Gasteiger partial charge in [-0.3, -0.25) is 4.79 Å². The number of ether oxygens (including phenoxy) is 1. The minimum atomic E-state index is -0.0168. The van der Waals surface area contributed by atoms with Gasteiger partial charge in [0, 0.05) is 31.9 Å². The van der Waals surface area contributed by atoms with Crippen molar-refractivity contribution in [3.05, 3.63) is 84.4 Å². The topological polar surface area (TPSA) is 53.0 Å². The van der Waals surface area contributed by atoms with Gasteiger partial charge in [0.2, 0.25) is 0 Å². The lowest BCUT2D eigenvalue weighted by molar-refractivity contribution is 0.0744. The lowest BCUT2D eigenvalue weighted by Crippen LogP contribution is -2.48. The van der Waals surface area contributed by atoms with Crippen molar-refractivity contribution in [2.24, 2.45) is 0 Å². The van der Waals surface area contributed by atoms with Crippen molar-refractivity contribution in [2.45, 2.75) is 0 Å². The Morgan fingerprint density at radius 3 is 2.14 bits per heavy atom. The fraction of sp³-hybridized carbons (Fsp3) is 0.174. The molecular formula is C23H22N2O3. The maximum atomic E-state index is 13.1. The van der Waals surface area contributed by atoms with Crippen LogP contribution in [-0.2, 0) is 0 Å². The van der Waals surface area contributed by atoms with Gasteiger partial charge in [-0.25, -0.2) is 0 Å². The zero-order chi connectivity index (χ0) is 19.3. The SMILES string of the molecule is O=C(c1ccccc1Oc1ccccc1)N1CCN(c2ccc(O)cc2)CC1. The fourth-order valence-electron chi connectivity index (χ4n) is 3.35. The van der Waals surface area contributed by atoms with Gasteiger partial charge < -0.3 is 19.6 Å². The predicted octanol–water partition coefficient (Wildman–Crippen LogP) is 4.15. The first kappa shape index (κ1) is 17.9. The molecule has 3 aromatic rings. The van der Waals surface area contributed by atoms with Crippen LogP contribution in [0.15, 0.2) is 78.9 Å². The van der Waals surface area contributed by atoms with Gasteiger partial charge >= 0.3 is 0 Å². The van der Waals surface area contributed by atoms with Crippen molar-refractivity contribution in [3.8, 4) is 17.2 Å². The molecule has 0 bridgehead atoms. The predicted molar refractivity (Wildman–Crippen MR) is 109 cm³/mol. The molecule has 4 rings (SSSR count). The second kappa shape index (κ2) is 8.05. The number of aromatic hydroxyl groups is 1. The Morgan fingerprint density at radius 1 is 0.786 bits per heavy atom. The quantitative estimate of drug-likeness (QED) is 0.745. The van der Waals surface area contributed by atoms with E-state index in [0.717, 1.165) is 18.8 Å². The number of hydrogen-bond acceptors (Lipinski definition) is 4. The number of amides is 1. The summed E-state index contributed by atoms with van der Waals surface area (Å²) in [6, 6.07) is 24.0. The molecule has 1 N–H and O–H groups in total. The van der Waals surface area contributed by atoms with Crippen LogP contribution < -0.4 is 9.64 Å². The Hall–Kier alpha value is -3.47. The number of phenols is 1. The molecule has 0 aliphatic carbocycles. The molecule has 5 nitrogen and oxygen atoms in total. The number of phenolic OH excluding ortho intramolecular Hbond substituents is 1. The Labute approximate surface area is 164 Å². The molecule has 1 saturated heterocycles. The molecule has 0 unspecified atom stereocenters. The summed E-state index contributed by atoms with van der Waals surface area (Å²) in [5.74, 6) is 1.52. The second-order valence-corrected chi connectivity index (χ2v) is 6.71. The van der Waals surface area contributed by atoms with E-state index in [4.69, 9.17) is 4.74 Å². The zero-order valence-electron chi connectivity index (χ0n) is 15.5. The van der Waals surface area contributed by atoms with Gasteiger partial charge in [-0.2, -0.15) is 0 Å². The fourth-order valence-corrected chi connectivity index (χ4v) is 3.35. The van der Waals surface area contributed by atoms with Crippen LogP contribution in [-0.4, -0.2) is 42.1 Å². The van der Waals surface area contributed by atoms with Crippen LogP contribution in [0.25, 0.3) is 0 Å². The maximum Gasteiger partial charge on any atom is 0.257 e. The van der Waals surface area contributed by atoms with Crippen molar-refractivity contribution in [2.75, 3.05) is 31.1 Å². The van der Waals surface area contributed by atoms with Crippen LogP contribution in [0, 0.1) is 0 Å². The number of benzene rings is 3. The molecule has 28 heavy (non-hydrogen) atoms. The molecule has 1 fully saturated rings. The van der Waals surface area contributed by atoms with Crippen LogP contribution >= 0.6 is 0 Å².